The van der Waals surface area contributed by atoms with Gasteiger partial charge < -0.3 is 9.73 Å². The number of nitriles is 1. The highest BCUT2D eigenvalue weighted by atomic mass is 35.5. The minimum atomic E-state index is -0.829. The lowest BCUT2D eigenvalue weighted by Crippen LogP contribution is -2.13. The third kappa shape index (κ3) is 4.92. The van der Waals surface area contributed by atoms with Crippen molar-refractivity contribution in [2.75, 3.05) is 5.32 Å². The Bertz CT molecular complexity index is 1330. The van der Waals surface area contributed by atoms with Crippen LogP contribution in [0.4, 0.5) is 17.1 Å². The van der Waals surface area contributed by atoms with Crippen molar-refractivity contribution >= 4 is 52.2 Å². The fourth-order valence-electron chi connectivity index (χ4n) is 2.61. The summed E-state index contributed by atoms with van der Waals surface area (Å²) in [6.07, 6.45) is 1.16. The summed E-state index contributed by atoms with van der Waals surface area (Å²) in [6, 6.07) is 12.5. The molecule has 0 spiro atoms. The van der Waals surface area contributed by atoms with E-state index < -0.39 is 21.4 Å². The van der Waals surface area contributed by atoms with Crippen LogP contribution in [0.1, 0.15) is 5.76 Å². The number of nitro benzene ring substituents is 2. The van der Waals surface area contributed by atoms with Crippen molar-refractivity contribution in [2.24, 2.45) is 0 Å². The predicted octanol–water partition coefficient (Wildman–Crippen LogP) is 5.62. The maximum absolute atomic E-state index is 12.4. The highest BCUT2D eigenvalue weighted by Crippen LogP contribution is 2.32. The van der Waals surface area contributed by atoms with E-state index in [9.17, 15) is 30.3 Å². The van der Waals surface area contributed by atoms with Crippen molar-refractivity contribution in [3.8, 4) is 17.4 Å². The Morgan fingerprint density at radius 3 is 2.25 bits per heavy atom. The molecule has 1 heterocycles. The Kier molecular flexibility index (Phi) is 6.53. The van der Waals surface area contributed by atoms with E-state index in [4.69, 9.17) is 27.6 Å². The normalized spacial score (nSPS) is 11.0. The van der Waals surface area contributed by atoms with Crippen LogP contribution in [-0.2, 0) is 4.79 Å². The van der Waals surface area contributed by atoms with Gasteiger partial charge in [-0.3, -0.25) is 25.0 Å². The number of halogens is 2. The molecule has 0 aliphatic heterocycles. The number of carbonyl (C=O) groups excluding carboxylic acids is 1. The van der Waals surface area contributed by atoms with E-state index in [1.807, 2.05) is 0 Å². The minimum absolute atomic E-state index is 0.0312. The second kappa shape index (κ2) is 9.30. The second-order valence-electron chi connectivity index (χ2n) is 6.17. The van der Waals surface area contributed by atoms with E-state index in [1.165, 1.54) is 42.5 Å². The van der Waals surface area contributed by atoms with Crippen LogP contribution in [-0.4, -0.2) is 15.8 Å². The van der Waals surface area contributed by atoms with Gasteiger partial charge >= 0.3 is 0 Å². The van der Waals surface area contributed by atoms with E-state index in [-0.39, 0.29) is 38.5 Å². The van der Waals surface area contributed by atoms with Crippen LogP contribution in [0, 0.1) is 31.6 Å². The third-order valence-electron chi connectivity index (χ3n) is 4.11. The highest BCUT2D eigenvalue weighted by molar-refractivity contribution is 6.33. The van der Waals surface area contributed by atoms with Crippen LogP contribution < -0.4 is 5.32 Å². The van der Waals surface area contributed by atoms with Gasteiger partial charge in [0.25, 0.3) is 17.3 Å². The topological polar surface area (TPSA) is 152 Å². The standard InChI is InChI=1S/C20H10Cl2N4O6/c21-15-4-1-11(8-17(15)25(28)29)19-6-3-14(32-19)7-12(10-23)20(27)24-13-2-5-16(22)18(9-13)26(30)31/h1-9H,(H,24,27)/b12-7+. The molecule has 3 aromatic rings. The van der Waals surface area contributed by atoms with Gasteiger partial charge in [-0.05, 0) is 36.4 Å². The Morgan fingerprint density at radius 1 is 1.00 bits per heavy atom. The number of carbonyl (C=O) groups is 1. The number of nitro groups is 2. The van der Waals surface area contributed by atoms with Gasteiger partial charge in [0.05, 0.1) is 9.85 Å². The molecule has 160 valence electrons. The van der Waals surface area contributed by atoms with Gasteiger partial charge in [-0.2, -0.15) is 5.26 Å². The van der Waals surface area contributed by atoms with Crippen LogP contribution in [0.25, 0.3) is 17.4 Å². The molecule has 0 aliphatic carbocycles. The quantitative estimate of drug-likeness (QED) is 0.211. The Hall–Kier alpha value is -4.20. The largest absolute Gasteiger partial charge is 0.457 e. The van der Waals surface area contributed by atoms with E-state index in [0.29, 0.717) is 5.56 Å². The molecule has 32 heavy (non-hydrogen) atoms. The second-order valence-corrected chi connectivity index (χ2v) is 6.99. The molecular formula is C20H10Cl2N4O6. The average Bonchev–Trinajstić information content (AvgIpc) is 3.21. The first-order valence-electron chi connectivity index (χ1n) is 8.61. The fourth-order valence-corrected chi connectivity index (χ4v) is 2.98. The maximum Gasteiger partial charge on any atom is 0.289 e. The highest BCUT2D eigenvalue weighted by Gasteiger charge is 2.17. The number of nitrogens with zero attached hydrogens (tertiary/aromatic N) is 3. The first-order chi connectivity index (χ1) is 15.2. The van der Waals surface area contributed by atoms with Crippen LogP contribution in [0.2, 0.25) is 10.0 Å². The summed E-state index contributed by atoms with van der Waals surface area (Å²) in [6.45, 7) is 0. The van der Waals surface area contributed by atoms with Gasteiger partial charge in [-0.25, -0.2) is 0 Å². The maximum atomic E-state index is 12.4. The lowest BCUT2D eigenvalue weighted by Gasteiger charge is -2.04. The van der Waals surface area contributed by atoms with E-state index in [2.05, 4.69) is 5.32 Å². The number of hydrogen-bond donors (Lipinski definition) is 1. The zero-order valence-corrected chi connectivity index (χ0v) is 17.3. The Morgan fingerprint density at radius 2 is 1.62 bits per heavy atom. The molecule has 3 rings (SSSR count). The van der Waals surface area contributed by atoms with Crippen LogP contribution in [0.15, 0.2) is 58.5 Å². The summed E-state index contributed by atoms with van der Waals surface area (Å²) in [5.74, 6) is -0.447. The number of furan rings is 1. The van der Waals surface area contributed by atoms with Gasteiger partial charge in [0, 0.05) is 29.5 Å². The number of hydrogen-bond acceptors (Lipinski definition) is 7. The molecule has 12 heteroatoms. The molecule has 0 radical (unpaired) electrons. The van der Waals surface area contributed by atoms with Gasteiger partial charge in [0.15, 0.2) is 0 Å². The van der Waals surface area contributed by atoms with Crippen molar-refractivity contribution < 1.29 is 19.1 Å². The zero-order valence-electron chi connectivity index (χ0n) is 15.7. The van der Waals surface area contributed by atoms with Crippen molar-refractivity contribution in [3.63, 3.8) is 0 Å². The Labute approximate surface area is 189 Å². The molecule has 1 amide bonds. The van der Waals surface area contributed by atoms with Crippen molar-refractivity contribution in [1.29, 1.82) is 5.26 Å². The number of amides is 1. The number of anilines is 1. The number of rotatable bonds is 6. The molecule has 1 N–H and O–H groups in total. The molecule has 2 aromatic carbocycles. The zero-order chi connectivity index (χ0) is 23.4. The molecule has 0 bridgehead atoms. The summed E-state index contributed by atoms with van der Waals surface area (Å²) in [5.41, 5.74) is -0.602. The molecular weight excluding hydrogens is 463 g/mol. The van der Waals surface area contributed by atoms with E-state index in [1.54, 1.807) is 6.07 Å². The first-order valence-corrected chi connectivity index (χ1v) is 9.36. The van der Waals surface area contributed by atoms with Crippen molar-refractivity contribution in [2.45, 2.75) is 0 Å². The molecule has 0 fully saturated rings. The molecule has 0 atom stereocenters. The average molecular weight is 473 g/mol. The summed E-state index contributed by atoms with van der Waals surface area (Å²) in [4.78, 5) is 33.1. The first kappa shape index (κ1) is 22.5. The molecule has 0 unspecified atom stereocenters. The molecule has 10 nitrogen and oxygen atoms in total. The molecule has 0 saturated carbocycles. The monoisotopic (exact) mass is 472 g/mol. The van der Waals surface area contributed by atoms with Gasteiger partial charge in [-0.15, -0.1) is 0 Å². The summed E-state index contributed by atoms with van der Waals surface area (Å²) in [7, 11) is 0. The van der Waals surface area contributed by atoms with Gasteiger partial charge in [0.2, 0.25) is 0 Å². The summed E-state index contributed by atoms with van der Waals surface area (Å²) >= 11 is 11.5. The van der Waals surface area contributed by atoms with E-state index >= 15 is 0 Å². The fraction of sp³-hybridized carbons (Fsp3) is 0. The van der Waals surface area contributed by atoms with Gasteiger partial charge in [0.1, 0.15) is 33.2 Å². The molecule has 0 saturated heterocycles. The third-order valence-corrected chi connectivity index (χ3v) is 4.75. The SMILES string of the molecule is N#C/C(=C\c1ccc(-c2ccc(Cl)c([N+](=O)[O-])c2)o1)C(=O)Nc1ccc(Cl)c([N+](=O)[O-])c1. The van der Waals surface area contributed by atoms with Crippen LogP contribution in [0.5, 0.6) is 0 Å². The predicted molar refractivity (Wildman–Crippen MR) is 116 cm³/mol. The number of nitrogens with one attached hydrogen (secondary N) is 1. The summed E-state index contributed by atoms with van der Waals surface area (Å²) in [5, 5.41) is 33.6. The number of benzene rings is 2. The smallest absolute Gasteiger partial charge is 0.289 e. The lowest BCUT2D eigenvalue weighted by atomic mass is 10.1. The lowest BCUT2D eigenvalue weighted by molar-refractivity contribution is -0.384. The minimum Gasteiger partial charge on any atom is -0.457 e. The van der Waals surface area contributed by atoms with Crippen molar-refractivity contribution in [1.82, 2.24) is 0 Å². The van der Waals surface area contributed by atoms with Crippen molar-refractivity contribution in [3.05, 3.63) is 90.1 Å². The van der Waals surface area contributed by atoms with Crippen LogP contribution in [0.3, 0.4) is 0 Å². The van der Waals surface area contributed by atoms with E-state index in [0.717, 1.165) is 12.1 Å². The molecule has 0 aliphatic rings. The van der Waals surface area contributed by atoms with Gasteiger partial charge in [-0.1, -0.05) is 23.2 Å². The Balaban J connectivity index is 1.84. The van der Waals surface area contributed by atoms with Crippen LogP contribution >= 0.6 is 23.2 Å². The summed E-state index contributed by atoms with van der Waals surface area (Å²) < 4.78 is 5.56. The molecule has 1 aromatic heterocycles.